The number of amides is 2. The van der Waals surface area contributed by atoms with E-state index in [0.29, 0.717) is 63.5 Å². The molecule has 0 unspecified atom stereocenters. The highest BCUT2D eigenvalue weighted by molar-refractivity contribution is 9.10. The number of anilines is 2. The maximum atomic E-state index is 12.3. The van der Waals surface area contributed by atoms with Crippen molar-refractivity contribution >= 4 is 52.1 Å². The molecule has 0 spiro atoms. The summed E-state index contributed by atoms with van der Waals surface area (Å²) in [6.45, 7) is 24.2. The Morgan fingerprint density at radius 2 is 1.08 bits per heavy atom. The summed E-state index contributed by atoms with van der Waals surface area (Å²) < 4.78 is 24.0. The van der Waals surface area contributed by atoms with Gasteiger partial charge in [0.15, 0.2) is 0 Å². The molecule has 0 atom stereocenters. The summed E-state index contributed by atoms with van der Waals surface area (Å²) in [4.78, 5) is 32.0. The van der Waals surface area contributed by atoms with Crippen LogP contribution in [0.25, 0.3) is 0 Å². The van der Waals surface area contributed by atoms with E-state index < -0.39 is 29.5 Å². The molecule has 2 aromatic rings. The largest absolute Gasteiger partial charge is 0.494 e. The Hall–Kier alpha value is -3.98. The molecule has 0 aliphatic carbocycles. The molecule has 0 aromatic heterocycles. The summed E-state index contributed by atoms with van der Waals surface area (Å²) in [5, 5.41) is 19.0. The molecule has 2 amide bonds. The number of nitrogens with zero attached hydrogens (tertiary/aromatic N) is 6. The molecule has 0 bridgehead atoms. The second kappa shape index (κ2) is 16.0. The number of halogens is 1. The second-order valence-corrected chi connectivity index (χ2v) is 17.1. The van der Waals surface area contributed by atoms with Gasteiger partial charge >= 0.3 is 19.3 Å². The van der Waals surface area contributed by atoms with Crippen molar-refractivity contribution in [2.75, 3.05) is 62.2 Å². The van der Waals surface area contributed by atoms with Crippen molar-refractivity contribution in [3.05, 3.63) is 52.0 Å². The molecule has 5 rings (SSSR count). The average molecular weight is 780 g/mol. The van der Waals surface area contributed by atoms with Crippen LogP contribution in [0.1, 0.15) is 80.4 Å². The highest BCUT2D eigenvalue weighted by Crippen LogP contribution is 2.37. The molecule has 3 saturated heterocycles. The molecule has 52 heavy (non-hydrogen) atoms. The lowest BCUT2D eigenvalue weighted by Gasteiger charge is -2.37. The van der Waals surface area contributed by atoms with Crippen molar-refractivity contribution in [1.82, 2.24) is 9.80 Å². The van der Waals surface area contributed by atoms with Gasteiger partial charge in [-0.05, 0) is 105 Å². The summed E-state index contributed by atoms with van der Waals surface area (Å²) in [7, 11) is -0.500. The van der Waals surface area contributed by atoms with Crippen molar-refractivity contribution in [1.29, 1.82) is 10.5 Å². The van der Waals surface area contributed by atoms with Crippen LogP contribution in [0.3, 0.4) is 0 Å². The van der Waals surface area contributed by atoms with Crippen LogP contribution in [0.2, 0.25) is 0 Å². The minimum atomic E-state index is -0.508. The molecule has 3 aliphatic heterocycles. The minimum absolute atomic E-state index is 0.275. The lowest BCUT2D eigenvalue weighted by Crippen LogP contribution is -2.50. The number of piperazine rings is 2. The van der Waals surface area contributed by atoms with Crippen LogP contribution in [-0.2, 0) is 18.8 Å². The quantitative estimate of drug-likeness (QED) is 0.328. The Balaban J connectivity index is 0.000000244. The Bertz CT molecular complexity index is 1680. The van der Waals surface area contributed by atoms with Crippen molar-refractivity contribution in [2.45, 2.75) is 91.6 Å². The van der Waals surface area contributed by atoms with Gasteiger partial charge < -0.3 is 38.4 Å². The molecule has 0 N–H and O–H groups in total. The van der Waals surface area contributed by atoms with E-state index in [1.54, 1.807) is 9.80 Å². The van der Waals surface area contributed by atoms with Crippen molar-refractivity contribution < 1.29 is 28.4 Å². The van der Waals surface area contributed by atoms with Gasteiger partial charge in [-0.25, -0.2) is 9.59 Å². The van der Waals surface area contributed by atoms with Crippen molar-refractivity contribution in [3.63, 3.8) is 0 Å². The molecule has 3 heterocycles. The van der Waals surface area contributed by atoms with Gasteiger partial charge in [-0.2, -0.15) is 10.5 Å². The van der Waals surface area contributed by atoms with Gasteiger partial charge in [0.25, 0.3) is 0 Å². The van der Waals surface area contributed by atoms with Crippen LogP contribution in [0.15, 0.2) is 40.9 Å². The molecular formula is C38H52BBrN6O6. The van der Waals surface area contributed by atoms with E-state index in [-0.39, 0.29) is 12.2 Å². The first-order chi connectivity index (χ1) is 24.1. The Morgan fingerprint density at radius 1 is 0.692 bits per heavy atom. The van der Waals surface area contributed by atoms with Gasteiger partial charge in [0.1, 0.15) is 23.3 Å². The monoisotopic (exact) mass is 778 g/mol. The number of ether oxygens (including phenoxy) is 2. The summed E-state index contributed by atoms with van der Waals surface area (Å²) in [5.41, 5.74) is 1.98. The van der Waals surface area contributed by atoms with Gasteiger partial charge in [-0.15, -0.1) is 0 Å². The lowest BCUT2D eigenvalue weighted by molar-refractivity contribution is 0.00578. The van der Waals surface area contributed by atoms with Crippen LogP contribution >= 0.6 is 15.9 Å². The average Bonchev–Trinajstić information content (AvgIpc) is 3.29. The summed E-state index contributed by atoms with van der Waals surface area (Å²) in [6.07, 6.45) is -0.567. The highest BCUT2D eigenvalue weighted by atomic mass is 79.9. The third-order valence-electron chi connectivity index (χ3n) is 9.29. The molecule has 14 heteroatoms. The minimum Gasteiger partial charge on any atom is -0.444 e. The first-order valence-electron chi connectivity index (χ1n) is 17.7. The number of nitriles is 2. The van der Waals surface area contributed by atoms with E-state index in [2.05, 4.69) is 37.9 Å². The Labute approximate surface area is 317 Å². The standard InChI is InChI=1S/C22H32BN3O4.C16H20BrN3O2/c1-20(2,3)28-19(27)26-12-10-25(11-13-26)18-9-8-17(14-16(18)15-24)23-29-21(4,5)22(6,7)30-23;1-16(2,3)22-15(21)20-8-6-19(7-9-20)14-5-4-13(17)10-12(14)11-18/h8-9,14H,10-13H2,1-7H3;4-5,10H,6-9H2,1-3H3. The molecule has 3 aliphatic rings. The van der Waals surface area contributed by atoms with Gasteiger partial charge in [-0.1, -0.05) is 22.0 Å². The van der Waals surface area contributed by atoms with E-state index in [1.807, 2.05) is 106 Å². The second-order valence-electron chi connectivity index (χ2n) is 16.2. The van der Waals surface area contributed by atoms with Crippen LogP contribution in [0.5, 0.6) is 0 Å². The first kappa shape index (κ1) is 40.8. The summed E-state index contributed by atoms with van der Waals surface area (Å²) in [5.74, 6) is 0. The van der Waals surface area contributed by atoms with Gasteiger partial charge in [0.2, 0.25) is 0 Å². The SMILES string of the molecule is CC(C)(C)OC(=O)N1CCN(c2ccc(B3OC(C)(C)C(C)(C)O3)cc2C#N)CC1.CC(C)(C)OC(=O)N1CCN(c2ccc(Br)cc2C#N)CC1. The Kier molecular flexibility index (Phi) is 12.5. The molecular weight excluding hydrogens is 727 g/mol. The zero-order valence-electron chi connectivity index (χ0n) is 32.2. The zero-order chi connectivity index (χ0) is 38.6. The predicted octanol–water partition coefficient (Wildman–Crippen LogP) is 6.29. The van der Waals surface area contributed by atoms with E-state index in [0.717, 1.165) is 21.3 Å². The van der Waals surface area contributed by atoms with Gasteiger partial charge in [-0.3, -0.25) is 0 Å². The number of rotatable bonds is 3. The first-order valence-corrected chi connectivity index (χ1v) is 18.5. The smallest absolute Gasteiger partial charge is 0.444 e. The maximum Gasteiger partial charge on any atom is 0.494 e. The van der Waals surface area contributed by atoms with E-state index in [9.17, 15) is 20.1 Å². The zero-order valence-corrected chi connectivity index (χ0v) is 33.8. The molecule has 0 radical (unpaired) electrons. The van der Waals surface area contributed by atoms with Crippen LogP contribution in [-0.4, -0.2) is 104 Å². The fourth-order valence-corrected chi connectivity index (χ4v) is 6.19. The third-order valence-corrected chi connectivity index (χ3v) is 9.78. The van der Waals surface area contributed by atoms with Crippen LogP contribution in [0, 0.1) is 22.7 Å². The number of hydrogen-bond acceptors (Lipinski definition) is 10. The molecule has 280 valence electrons. The number of hydrogen-bond donors (Lipinski definition) is 0. The summed E-state index contributed by atoms with van der Waals surface area (Å²) in [6, 6.07) is 16.0. The van der Waals surface area contributed by atoms with Crippen molar-refractivity contribution in [2.24, 2.45) is 0 Å². The number of carbonyl (C=O) groups excluding carboxylic acids is 2. The molecule has 0 saturated carbocycles. The van der Waals surface area contributed by atoms with E-state index >= 15 is 0 Å². The normalized spacial score (nSPS) is 18.5. The van der Waals surface area contributed by atoms with E-state index in [4.69, 9.17) is 18.8 Å². The lowest BCUT2D eigenvalue weighted by atomic mass is 9.78. The fraction of sp³-hybridized carbons (Fsp3) is 0.579. The van der Waals surface area contributed by atoms with E-state index in [1.165, 1.54) is 0 Å². The highest BCUT2D eigenvalue weighted by Gasteiger charge is 2.51. The fourth-order valence-electron chi connectivity index (χ4n) is 5.83. The maximum absolute atomic E-state index is 12.3. The summed E-state index contributed by atoms with van der Waals surface area (Å²) >= 11 is 3.38. The van der Waals surface area contributed by atoms with Crippen LogP contribution < -0.4 is 15.3 Å². The van der Waals surface area contributed by atoms with Gasteiger partial charge in [0, 0.05) is 56.8 Å². The third kappa shape index (κ3) is 10.3. The van der Waals surface area contributed by atoms with Crippen LogP contribution in [0.4, 0.5) is 21.0 Å². The molecule has 2 aromatic carbocycles. The van der Waals surface area contributed by atoms with Crippen molar-refractivity contribution in [3.8, 4) is 12.1 Å². The van der Waals surface area contributed by atoms with Gasteiger partial charge in [0.05, 0.1) is 33.7 Å². The molecule has 3 fully saturated rings. The molecule has 12 nitrogen and oxygen atoms in total. The number of carbonyl (C=O) groups is 2. The topological polar surface area (TPSA) is 132 Å². The number of benzene rings is 2. The Morgan fingerprint density at radius 3 is 1.46 bits per heavy atom. The predicted molar refractivity (Wildman–Crippen MR) is 206 cm³/mol.